The number of ether oxygens (including phenoxy) is 1. The Labute approximate surface area is 103 Å². The molecule has 0 spiro atoms. The van der Waals surface area contributed by atoms with E-state index in [-0.39, 0.29) is 11.6 Å². The zero-order valence-corrected chi connectivity index (χ0v) is 10.9. The quantitative estimate of drug-likeness (QED) is 0.843. The topological polar surface area (TPSA) is 52.0 Å². The molecule has 1 saturated carbocycles. The molecule has 1 aliphatic rings. The van der Waals surface area contributed by atoms with Crippen LogP contribution < -0.4 is 5.32 Å². The van der Waals surface area contributed by atoms with Crippen molar-refractivity contribution in [1.82, 2.24) is 20.3 Å². The molecule has 0 aliphatic heterocycles. The zero-order valence-electron chi connectivity index (χ0n) is 10.9. The van der Waals surface area contributed by atoms with Gasteiger partial charge in [0.2, 0.25) is 0 Å². The van der Waals surface area contributed by atoms with Crippen LogP contribution in [0.25, 0.3) is 0 Å². The van der Waals surface area contributed by atoms with Crippen LogP contribution in [-0.4, -0.2) is 34.2 Å². The molecule has 1 fully saturated rings. The van der Waals surface area contributed by atoms with Crippen LogP contribution in [0.1, 0.15) is 44.3 Å². The van der Waals surface area contributed by atoms with E-state index in [2.05, 4.69) is 22.6 Å². The van der Waals surface area contributed by atoms with Gasteiger partial charge in [-0.15, -0.1) is 5.10 Å². The third kappa shape index (κ3) is 2.21. The van der Waals surface area contributed by atoms with Crippen molar-refractivity contribution in [2.45, 2.75) is 44.2 Å². The molecular weight excluding hydrogens is 216 g/mol. The Bertz CT molecular complexity index is 357. The van der Waals surface area contributed by atoms with E-state index in [0.717, 1.165) is 25.1 Å². The highest BCUT2D eigenvalue weighted by molar-refractivity contribution is 5.12. The van der Waals surface area contributed by atoms with E-state index in [4.69, 9.17) is 4.74 Å². The maximum absolute atomic E-state index is 5.86. The summed E-state index contributed by atoms with van der Waals surface area (Å²) in [5.41, 5.74) is 1.02. The Hall–Kier alpha value is -0.940. The van der Waals surface area contributed by atoms with Gasteiger partial charge in [-0.1, -0.05) is 25.0 Å². The van der Waals surface area contributed by atoms with Crippen LogP contribution in [0.3, 0.4) is 0 Å². The summed E-state index contributed by atoms with van der Waals surface area (Å²) in [5.74, 6) is 0. The third-order valence-electron chi connectivity index (χ3n) is 3.84. The maximum Gasteiger partial charge on any atom is 0.0888 e. The highest BCUT2D eigenvalue weighted by Gasteiger charge is 2.43. The first-order valence-corrected chi connectivity index (χ1v) is 6.36. The van der Waals surface area contributed by atoms with Gasteiger partial charge in [-0.2, -0.15) is 0 Å². The zero-order chi connectivity index (χ0) is 12.3. The van der Waals surface area contributed by atoms with Crippen molar-refractivity contribution in [3.63, 3.8) is 0 Å². The Morgan fingerprint density at radius 2 is 2.24 bits per heavy atom. The van der Waals surface area contributed by atoms with Crippen LogP contribution in [0.2, 0.25) is 0 Å². The molecule has 0 amide bonds. The first-order valence-electron chi connectivity index (χ1n) is 6.36. The van der Waals surface area contributed by atoms with Gasteiger partial charge in [-0.05, 0) is 19.4 Å². The largest absolute Gasteiger partial charge is 0.376 e. The molecule has 1 atom stereocenters. The molecule has 1 aromatic rings. The molecule has 96 valence electrons. The van der Waals surface area contributed by atoms with Gasteiger partial charge in [-0.25, -0.2) is 0 Å². The standard InChI is InChI=1S/C12H22N4O/c1-4-13-11(10-9-14-15-16(10)2)12(17-3)7-5-6-8-12/h9,11,13H,4-8H2,1-3H3. The summed E-state index contributed by atoms with van der Waals surface area (Å²) in [4.78, 5) is 0. The molecule has 1 aromatic heterocycles. The third-order valence-corrected chi connectivity index (χ3v) is 3.84. The van der Waals surface area contributed by atoms with Crippen LogP contribution in [0.5, 0.6) is 0 Å². The van der Waals surface area contributed by atoms with E-state index in [1.807, 2.05) is 25.0 Å². The lowest BCUT2D eigenvalue weighted by Gasteiger charge is -2.36. The maximum atomic E-state index is 5.86. The van der Waals surface area contributed by atoms with Crippen molar-refractivity contribution in [2.75, 3.05) is 13.7 Å². The predicted octanol–water partition coefficient (Wildman–Crippen LogP) is 1.42. The number of aryl methyl sites for hydroxylation is 1. The molecule has 1 unspecified atom stereocenters. The summed E-state index contributed by atoms with van der Waals surface area (Å²) >= 11 is 0. The average molecular weight is 238 g/mol. The Kier molecular flexibility index (Phi) is 3.79. The van der Waals surface area contributed by atoms with E-state index in [1.165, 1.54) is 12.8 Å². The minimum atomic E-state index is -0.0918. The van der Waals surface area contributed by atoms with Crippen LogP contribution in [0, 0.1) is 0 Å². The molecule has 17 heavy (non-hydrogen) atoms. The highest BCUT2D eigenvalue weighted by atomic mass is 16.5. The summed E-state index contributed by atoms with van der Waals surface area (Å²) in [6.07, 6.45) is 6.52. The van der Waals surface area contributed by atoms with Gasteiger partial charge in [0.25, 0.3) is 0 Å². The van der Waals surface area contributed by atoms with Crippen molar-refractivity contribution in [1.29, 1.82) is 0 Å². The number of rotatable bonds is 5. The van der Waals surface area contributed by atoms with Crippen LogP contribution in [0.4, 0.5) is 0 Å². The van der Waals surface area contributed by atoms with Crippen molar-refractivity contribution < 1.29 is 4.74 Å². The predicted molar refractivity (Wildman–Crippen MR) is 65.6 cm³/mol. The second kappa shape index (κ2) is 5.14. The molecule has 0 aromatic carbocycles. The summed E-state index contributed by atoms with van der Waals surface area (Å²) in [6, 6.07) is 0.181. The molecule has 5 nitrogen and oxygen atoms in total. The minimum Gasteiger partial charge on any atom is -0.376 e. The van der Waals surface area contributed by atoms with E-state index in [9.17, 15) is 0 Å². The molecule has 1 N–H and O–H groups in total. The van der Waals surface area contributed by atoms with Crippen LogP contribution in [-0.2, 0) is 11.8 Å². The summed E-state index contributed by atoms with van der Waals surface area (Å²) in [6.45, 7) is 3.04. The van der Waals surface area contributed by atoms with Gasteiger partial charge in [-0.3, -0.25) is 4.68 Å². The monoisotopic (exact) mass is 238 g/mol. The minimum absolute atomic E-state index is 0.0918. The summed E-state index contributed by atoms with van der Waals surface area (Å²) in [5, 5.41) is 11.5. The lowest BCUT2D eigenvalue weighted by atomic mass is 9.89. The number of nitrogens with one attached hydrogen (secondary N) is 1. The number of hydrogen-bond acceptors (Lipinski definition) is 4. The number of hydrogen-bond donors (Lipinski definition) is 1. The molecule has 5 heteroatoms. The number of nitrogens with zero attached hydrogens (tertiary/aromatic N) is 3. The van der Waals surface area contributed by atoms with Crippen molar-refractivity contribution >= 4 is 0 Å². The molecule has 1 aliphatic carbocycles. The van der Waals surface area contributed by atoms with Crippen molar-refractivity contribution in [3.8, 4) is 0 Å². The number of aromatic nitrogens is 3. The fraction of sp³-hybridized carbons (Fsp3) is 0.833. The van der Waals surface area contributed by atoms with Crippen LogP contribution in [0.15, 0.2) is 6.20 Å². The molecule has 1 heterocycles. The van der Waals surface area contributed by atoms with Gasteiger partial charge in [0.05, 0.1) is 23.5 Å². The number of likely N-dealkylation sites (N-methyl/N-ethyl adjacent to an activating group) is 1. The fourth-order valence-electron chi connectivity index (χ4n) is 2.91. The molecule has 2 rings (SSSR count). The van der Waals surface area contributed by atoms with E-state index in [1.54, 1.807) is 0 Å². The lowest BCUT2D eigenvalue weighted by molar-refractivity contribution is -0.0384. The van der Waals surface area contributed by atoms with E-state index < -0.39 is 0 Å². The average Bonchev–Trinajstić information content (AvgIpc) is 2.96. The second-order valence-corrected chi connectivity index (χ2v) is 4.75. The number of methoxy groups -OCH3 is 1. The Balaban J connectivity index is 2.31. The highest BCUT2D eigenvalue weighted by Crippen LogP contribution is 2.42. The van der Waals surface area contributed by atoms with Crippen molar-refractivity contribution in [2.24, 2.45) is 7.05 Å². The molecular formula is C12H22N4O. The second-order valence-electron chi connectivity index (χ2n) is 4.75. The van der Waals surface area contributed by atoms with Gasteiger partial charge >= 0.3 is 0 Å². The van der Waals surface area contributed by atoms with E-state index in [0.29, 0.717) is 0 Å². The Morgan fingerprint density at radius 1 is 1.53 bits per heavy atom. The van der Waals surface area contributed by atoms with Gasteiger partial charge < -0.3 is 10.1 Å². The normalized spacial score (nSPS) is 20.6. The van der Waals surface area contributed by atoms with Gasteiger partial charge in [0, 0.05) is 14.2 Å². The summed E-state index contributed by atoms with van der Waals surface area (Å²) < 4.78 is 7.70. The van der Waals surface area contributed by atoms with Crippen LogP contribution >= 0.6 is 0 Å². The van der Waals surface area contributed by atoms with Gasteiger partial charge in [0.1, 0.15) is 0 Å². The lowest BCUT2D eigenvalue weighted by Crippen LogP contribution is -2.44. The Morgan fingerprint density at radius 3 is 2.71 bits per heavy atom. The van der Waals surface area contributed by atoms with Crippen molar-refractivity contribution in [3.05, 3.63) is 11.9 Å². The molecule has 0 radical (unpaired) electrons. The van der Waals surface area contributed by atoms with Gasteiger partial charge in [0.15, 0.2) is 0 Å². The summed E-state index contributed by atoms with van der Waals surface area (Å²) in [7, 11) is 3.75. The fourth-order valence-corrected chi connectivity index (χ4v) is 2.91. The SMILES string of the molecule is CCNC(c1cnnn1C)C1(OC)CCCC1. The first-order chi connectivity index (χ1) is 8.23. The molecule has 0 saturated heterocycles. The molecule has 0 bridgehead atoms. The van der Waals surface area contributed by atoms with E-state index >= 15 is 0 Å². The first kappa shape index (κ1) is 12.5. The smallest absolute Gasteiger partial charge is 0.0888 e.